The van der Waals surface area contributed by atoms with E-state index in [0.29, 0.717) is 5.56 Å². The van der Waals surface area contributed by atoms with Gasteiger partial charge in [0.2, 0.25) is 11.8 Å². The molecule has 9 nitrogen and oxygen atoms in total. The van der Waals surface area contributed by atoms with Crippen molar-refractivity contribution in [3.63, 3.8) is 0 Å². The summed E-state index contributed by atoms with van der Waals surface area (Å²) in [6.07, 6.45) is -0.789. The van der Waals surface area contributed by atoms with Gasteiger partial charge in [0, 0.05) is 4.75 Å². The summed E-state index contributed by atoms with van der Waals surface area (Å²) in [6, 6.07) is 14.6. The molecule has 2 saturated heterocycles. The number of benzene rings is 2. The molecule has 35 heavy (non-hydrogen) atoms. The number of nitrogens with one attached hydrogen (secondary N) is 2. The van der Waals surface area contributed by atoms with Crippen molar-refractivity contribution in [3.05, 3.63) is 71.8 Å². The topological polar surface area (TPSA) is 128 Å². The molecule has 11 heteroatoms. The van der Waals surface area contributed by atoms with Gasteiger partial charge in [-0.25, -0.2) is 4.79 Å². The van der Waals surface area contributed by atoms with E-state index in [9.17, 15) is 24.3 Å². The molecule has 4 rings (SSSR count). The van der Waals surface area contributed by atoms with Gasteiger partial charge >= 0.3 is 57.5 Å². The molecule has 0 bridgehead atoms. The molecule has 2 fully saturated rings. The van der Waals surface area contributed by atoms with Gasteiger partial charge in [0.15, 0.2) is 0 Å². The second-order valence-electron chi connectivity index (χ2n) is 8.61. The monoisotopic (exact) mass is 521 g/mol. The van der Waals surface area contributed by atoms with Crippen molar-refractivity contribution in [2.45, 2.75) is 48.7 Å². The maximum Gasteiger partial charge on any atom is 1.00 e. The number of alkyl carbamates (subject to hydrolysis) is 1. The number of ether oxygens (including phenoxy) is 1. The number of carboxylic acids is 1. The van der Waals surface area contributed by atoms with Gasteiger partial charge in [-0.15, -0.1) is 11.8 Å². The number of fused-ring (bicyclic) bond motifs is 1. The Hall–Kier alpha value is -1.89. The molecule has 2 aromatic rings. The number of carbonyl (C=O) groups is 4. The van der Waals surface area contributed by atoms with E-state index in [1.807, 2.05) is 30.3 Å². The van der Waals surface area contributed by atoms with E-state index in [0.717, 1.165) is 5.56 Å². The van der Waals surface area contributed by atoms with Crippen molar-refractivity contribution in [2.75, 3.05) is 0 Å². The van der Waals surface area contributed by atoms with E-state index in [-0.39, 0.29) is 58.0 Å². The van der Waals surface area contributed by atoms with Crippen molar-refractivity contribution in [3.8, 4) is 0 Å². The number of amides is 3. The van der Waals surface area contributed by atoms with Gasteiger partial charge in [-0.1, -0.05) is 60.7 Å². The number of β-lactam (4-membered cyclic amide) rings is 1. The van der Waals surface area contributed by atoms with Crippen LogP contribution in [0, 0.1) is 0 Å². The minimum atomic E-state index is -1.33. The smallest absolute Gasteiger partial charge is 0.548 e. The van der Waals surface area contributed by atoms with Crippen LogP contribution in [-0.2, 0) is 25.7 Å². The quantitative estimate of drug-likeness (QED) is 0.317. The Morgan fingerprint density at radius 2 is 1.69 bits per heavy atom. The third-order valence-electron chi connectivity index (χ3n) is 5.83. The van der Waals surface area contributed by atoms with Gasteiger partial charge in [-0.05, 0) is 25.0 Å². The summed E-state index contributed by atoms with van der Waals surface area (Å²) >= 11 is 1.29. The third-order valence-corrected chi connectivity index (χ3v) is 7.40. The largest absolute Gasteiger partial charge is 1.00 e. The summed E-state index contributed by atoms with van der Waals surface area (Å²) in [5, 5.41) is 16.3. The minimum Gasteiger partial charge on any atom is -0.548 e. The number of carbonyl (C=O) groups excluding carboxylic acids is 4. The summed E-state index contributed by atoms with van der Waals surface area (Å²) in [7, 11) is 0. The Bertz CT molecular complexity index is 1100. The molecular weight excluding hydrogens is 497 g/mol. The van der Waals surface area contributed by atoms with Crippen LogP contribution in [0.3, 0.4) is 0 Å². The normalized spacial score (nSPS) is 22.6. The van der Waals surface area contributed by atoms with Gasteiger partial charge in [-0.2, -0.15) is 0 Å². The molecule has 2 aromatic carbocycles. The molecule has 2 N–H and O–H groups in total. The van der Waals surface area contributed by atoms with Gasteiger partial charge in [-0.3, -0.25) is 9.59 Å². The van der Waals surface area contributed by atoms with Gasteiger partial charge in [0.25, 0.3) is 0 Å². The summed E-state index contributed by atoms with van der Waals surface area (Å²) in [5.74, 6) is -2.43. The average molecular weight is 522 g/mol. The van der Waals surface area contributed by atoms with E-state index >= 15 is 0 Å². The number of thioether (sulfide) groups is 1. The van der Waals surface area contributed by atoms with Crippen LogP contribution >= 0.6 is 11.8 Å². The summed E-state index contributed by atoms with van der Waals surface area (Å²) in [6.45, 7) is 3.48. The molecule has 0 spiro atoms. The number of carboxylic acid groups (broad SMARTS) is 1. The number of nitrogens with zero attached hydrogens (tertiary/aromatic N) is 1. The first-order chi connectivity index (χ1) is 16.2. The van der Waals surface area contributed by atoms with E-state index in [2.05, 4.69) is 10.6 Å². The summed E-state index contributed by atoms with van der Waals surface area (Å²) < 4.78 is 4.49. The standard InChI is InChI=1S/C24H25N3O6S.K/c1-24(2)18(22(30)31)27-20(29)17(21(27)34-24)25-19(28)16(15-11-7-4-8-12-15)26-23(32)33-13-14-9-5-3-6-10-14;/h3-12,16-18,21H,13H2,1-2H3,(H,25,28)(H,26,32)(H,30,31);/q;+1/p-1/t16?,17?,18-,21+;/m0./s1. The molecule has 0 aromatic heterocycles. The van der Waals surface area contributed by atoms with Crippen molar-refractivity contribution in [1.82, 2.24) is 15.5 Å². The van der Waals surface area contributed by atoms with Crippen molar-refractivity contribution >= 4 is 35.6 Å². The SMILES string of the molecule is CC1(C)S[C@@H]2C(NC(=O)C(NC(=O)OCc3ccccc3)c3ccccc3)C(=O)N2[C@H]1C(=O)[O-].[K+]. The van der Waals surface area contributed by atoms with Gasteiger partial charge < -0.3 is 30.2 Å². The summed E-state index contributed by atoms with van der Waals surface area (Å²) in [4.78, 5) is 51.2. The first kappa shape index (κ1) is 27.7. The molecule has 2 unspecified atom stereocenters. The second-order valence-corrected chi connectivity index (χ2v) is 10.4. The van der Waals surface area contributed by atoms with Gasteiger partial charge in [0.05, 0.1) is 12.0 Å². The Labute approximate surface area is 249 Å². The number of hydrogen-bond acceptors (Lipinski definition) is 7. The van der Waals surface area contributed by atoms with Crippen LogP contribution < -0.4 is 67.1 Å². The van der Waals surface area contributed by atoms with E-state index in [1.165, 1.54) is 16.7 Å². The van der Waals surface area contributed by atoms with E-state index in [4.69, 9.17) is 4.74 Å². The maximum atomic E-state index is 13.2. The van der Waals surface area contributed by atoms with Gasteiger partial charge in [0.1, 0.15) is 24.1 Å². The molecule has 2 aliphatic heterocycles. The van der Waals surface area contributed by atoms with Crippen LogP contribution in [0.5, 0.6) is 0 Å². The molecule has 178 valence electrons. The first-order valence-corrected chi connectivity index (χ1v) is 11.6. The predicted octanol–water partition coefficient (Wildman–Crippen LogP) is -2.04. The van der Waals surface area contributed by atoms with Crippen molar-refractivity contribution < 1.29 is 80.4 Å². The fraction of sp³-hybridized carbons (Fsp3) is 0.333. The zero-order valence-electron chi connectivity index (χ0n) is 19.6. The van der Waals surface area contributed by atoms with Crippen LogP contribution in [0.15, 0.2) is 60.7 Å². The molecule has 0 saturated carbocycles. The molecule has 2 heterocycles. The molecule has 0 radical (unpaired) electrons. The molecule has 0 aliphatic carbocycles. The van der Waals surface area contributed by atoms with Crippen LogP contribution in [-0.4, -0.2) is 51.0 Å². The number of aliphatic carboxylic acids is 1. The molecule has 3 amide bonds. The maximum absolute atomic E-state index is 13.2. The fourth-order valence-electron chi connectivity index (χ4n) is 4.19. The Kier molecular flexibility index (Phi) is 9.05. The molecular formula is C24H24KN3O6S. The Morgan fingerprint density at radius 3 is 2.29 bits per heavy atom. The van der Waals surface area contributed by atoms with E-state index < -0.39 is 52.1 Å². The Morgan fingerprint density at radius 1 is 1.09 bits per heavy atom. The second kappa shape index (κ2) is 11.4. The zero-order chi connectivity index (χ0) is 24.5. The number of hydrogen-bond donors (Lipinski definition) is 2. The van der Waals surface area contributed by atoms with Crippen LogP contribution in [0.1, 0.15) is 31.0 Å². The number of rotatable bonds is 7. The van der Waals surface area contributed by atoms with Crippen molar-refractivity contribution in [1.29, 1.82) is 0 Å². The Balaban J connectivity index is 0.00000342. The third kappa shape index (κ3) is 5.92. The van der Waals surface area contributed by atoms with Crippen LogP contribution in [0.2, 0.25) is 0 Å². The zero-order valence-corrected chi connectivity index (χ0v) is 23.5. The predicted molar refractivity (Wildman–Crippen MR) is 122 cm³/mol. The first-order valence-electron chi connectivity index (χ1n) is 10.7. The molecule has 2 aliphatic rings. The van der Waals surface area contributed by atoms with E-state index in [1.54, 1.807) is 44.2 Å². The molecule has 4 atom stereocenters. The van der Waals surface area contributed by atoms with Crippen LogP contribution in [0.4, 0.5) is 4.79 Å². The fourth-order valence-corrected chi connectivity index (χ4v) is 5.81. The van der Waals surface area contributed by atoms with Crippen LogP contribution in [0.25, 0.3) is 0 Å². The summed E-state index contributed by atoms with van der Waals surface area (Å²) in [5.41, 5.74) is 1.30. The average Bonchev–Trinajstić information content (AvgIpc) is 3.08. The minimum absolute atomic E-state index is 0. The van der Waals surface area contributed by atoms with Crippen molar-refractivity contribution in [2.24, 2.45) is 0 Å².